The van der Waals surface area contributed by atoms with Crippen LogP contribution in [0, 0.1) is 0 Å². The Morgan fingerprint density at radius 2 is 1.81 bits per heavy atom. The number of methoxy groups -OCH3 is 1. The Bertz CT molecular complexity index is 1130. The summed E-state index contributed by atoms with van der Waals surface area (Å²) in [7, 11) is 1.61. The third-order valence-electron chi connectivity index (χ3n) is 5.50. The molecule has 1 aliphatic heterocycles. The van der Waals surface area contributed by atoms with Crippen LogP contribution in [0.1, 0.15) is 23.8 Å². The fourth-order valence-corrected chi connectivity index (χ4v) is 5.14. The minimum absolute atomic E-state index is 0.00199. The summed E-state index contributed by atoms with van der Waals surface area (Å²) in [5.41, 5.74) is 1.36. The summed E-state index contributed by atoms with van der Waals surface area (Å²) in [6, 6.07) is 16.7. The van der Waals surface area contributed by atoms with Gasteiger partial charge in [0.15, 0.2) is 5.16 Å². The molecule has 1 saturated heterocycles. The van der Waals surface area contributed by atoms with Crippen LogP contribution in [0.4, 0.5) is 0 Å². The van der Waals surface area contributed by atoms with Crippen molar-refractivity contribution in [2.75, 3.05) is 40.0 Å². The molecule has 32 heavy (non-hydrogen) atoms. The Hall–Kier alpha value is -2.68. The van der Waals surface area contributed by atoms with Crippen molar-refractivity contribution < 1.29 is 14.3 Å². The van der Waals surface area contributed by atoms with E-state index >= 15 is 0 Å². The maximum Gasteiger partial charge on any atom is 0.262 e. The first-order valence-electron chi connectivity index (χ1n) is 10.7. The molecule has 7 nitrogen and oxygen atoms in total. The summed E-state index contributed by atoms with van der Waals surface area (Å²) in [5, 5.41) is 0.535. The lowest BCUT2D eigenvalue weighted by atomic mass is 10.1. The SMILES string of the molecule is COC[C@H](C)n1c(S[C@@H](C(=O)N2CCOCC2)c2ccccc2)nc2ccccc2c1=O. The first-order valence-corrected chi connectivity index (χ1v) is 11.6. The molecule has 3 aromatic rings. The van der Waals surface area contributed by atoms with Crippen LogP contribution in [0.15, 0.2) is 64.5 Å². The molecule has 0 unspecified atom stereocenters. The summed E-state index contributed by atoms with van der Waals surface area (Å²) in [5.74, 6) is -0.00199. The van der Waals surface area contributed by atoms with Gasteiger partial charge in [-0.2, -0.15) is 0 Å². The normalized spacial score (nSPS) is 16.1. The van der Waals surface area contributed by atoms with Crippen molar-refractivity contribution in [1.82, 2.24) is 14.5 Å². The van der Waals surface area contributed by atoms with E-state index in [2.05, 4.69) is 0 Å². The fourth-order valence-electron chi connectivity index (χ4n) is 3.86. The fraction of sp³-hybridized carbons (Fsp3) is 0.375. The van der Waals surface area contributed by atoms with E-state index in [4.69, 9.17) is 14.5 Å². The molecule has 2 atom stereocenters. The maximum atomic E-state index is 13.6. The van der Waals surface area contributed by atoms with Gasteiger partial charge in [-0.25, -0.2) is 4.98 Å². The van der Waals surface area contributed by atoms with E-state index in [-0.39, 0.29) is 17.5 Å². The number of hydrogen-bond acceptors (Lipinski definition) is 6. The number of amides is 1. The van der Waals surface area contributed by atoms with Crippen molar-refractivity contribution in [3.63, 3.8) is 0 Å². The standard InChI is InChI=1S/C24H27N3O4S/c1-17(16-30-2)27-22(28)19-10-6-7-11-20(19)25-24(27)32-21(18-8-4-3-5-9-18)23(29)26-12-14-31-15-13-26/h3-11,17,21H,12-16H2,1-2H3/t17-,21+/m0/s1. The number of nitrogens with zero attached hydrogens (tertiary/aromatic N) is 3. The topological polar surface area (TPSA) is 73.7 Å². The van der Waals surface area contributed by atoms with E-state index in [1.54, 1.807) is 17.7 Å². The first-order chi connectivity index (χ1) is 15.6. The average Bonchev–Trinajstić information content (AvgIpc) is 2.83. The van der Waals surface area contributed by atoms with Gasteiger partial charge in [-0.3, -0.25) is 14.2 Å². The molecule has 8 heteroatoms. The summed E-state index contributed by atoms with van der Waals surface area (Å²) < 4.78 is 12.4. The van der Waals surface area contributed by atoms with Crippen LogP contribution < -0.4 is 5.56 Å². The zero-order valence-electron chi connectivity index (χ0n) is 18.3. The predicted molar refractivity (Wildman–Crippen MR) is 125 cm³/mol. The third kappa shape index (κ3) is 4.72. The first kappa shape index (κ1) is 22.5. The van der Waals surface area contributed by atoms with Crippen LogP contribution in [-0.2, 0) is 14.3 Å². The van der Waals surface area contributed by atoms with E-state index in [1.165, 1.54) is 11.8 Å². The van der Waals surface area contributed by atoms with Crippen LogP contribution in [0.3, 0.4) is 0 Å². The van der Waals surface area contributed by atoms with Gasteiger partial charge >= 0.3 is 0 Å². The van der Waals surface area contributed by atoms with E-state index in [9.17, 15) is 9.59 Å². The second kappa shape index (κ2) is 10.3. The Balaban J connectivity index is 1.80. The van der Waals surface area contributed by atoms with E-state index in [0.717, 1.165) is 5.56 Å². The zero-order chi connectivity index (χ0) is 22.5. The smallest absolute Gasteiger partial charge is 0.262 e. The van der Waals surface area contributed by atoms with Gasteiger partial charge in [-0.05, 0) is 24.6 Å². The number of carbonyl (C=O) groups is 1. The van der Waals surface area contributed by atoms with Gasteiger partial charge in [0.1, 0.15) is 5.25 Å². The molecule has 0 radical (unpaired) electrons. The number of hydrogen-bond donors (Lipinski definition) is 0. The lowest BCUT2D eigenvalue weighted by Crippen LogP contribution is -2.42. The van der Waals surface area contributed by atoms with Gasteiger partial charge in [0.2, 0.25) is 5.91 Å². The van der Waals surface area contributed by atoms with Gasteiger partial charge in [-0.1, -0.05) is 54.2 Å². The van der Waals surface area contributed by atoms with Gasteiger partial charge in [-0.15, -0.1) is 0 Å². The second-order valence-corrected chi connectivity index (χ2v) is 8.81. The summed E-state index contributed by atoms with van der Waals surface area (Å²) in [6.07, 6.45) is 0. The highest BCUT2D eigenvalue weighted by Crippen LogP contribution is 2.37. The molecular weight excluding hydrogens is 426 g/mol. The van der Waals surface area contributed by atoms with Crippen molar-refractivity contribution in [1.29, 1.82) is 0 Å². The molecule has 1 fully saturated rings. The van der Waals surface area contributed by atoms with Crippen LogP contribution in [0.5, 0.6) is 0 Å². The number of thioether (sulfide) groups is 1. The summed E-state index contributed by atoms with van der Waals surface area (Å²) in [4.78, 5) is 33.6. The number of para-hydroxylation sites is 1. The van der Waals surface area contributed by atoms with Crippen LogP contribution in [0.25, 0.3) is 10.9 Å². The molecule has 0 bridgehead atoms. The predicted octanol–water partition coefficient (Wildman–Crippen LogP) is 3.30. The van der Waals surface area contributed by atoms with E-state index < -0.39 is 5.25 Å². The second-order valence-electron chi connectivity index (χ2n) is 7.74. The number of ether oxygens (including phenoxy) is 2. The minimum Gasteiger partial charge on any atom is -0.383 e. The lowest BCUT2D eigenvalue weighted by Gasteiger charge is -2.30. The van der Waals surface area contributed by atoms with Gasteiger partial charge < -0.3 is 14.4 Å². The Kier molecular flexibility index (Phi) is 7.24. The molecule has 0 saturated carbocycles. The largest absolute Gasteiger partial charge is 0.383 e. The number of aromatic nitrogens is 2. The van der Waals surface area contributed by atoms with Gasteiger partial charge in [0.25, 0.3) is 5.56 Å². The van der Waals surface area contributed by atoms with Crippen molar-refractivity contribution >= 4 is 28.6 Å². The maximum absolute atomic E-state index is 13.6. The van der Waals surface area contributed by atoms with Crippen LogP contribution in [0.2, 0.25) is 0 Å². The van der Waals surface area contributed by atoms with E-state index in [1.807, 2.05) is 60.4 Å². The molecule has 0 aliphatic carbocycles. The Morgan fingerprint density at radius 3 is 2.53 bits per heavy atom. The third-order valence-corrected chi connectivity index (χ3v) is 6.71. The van der Waals surface area contributed by atoms with Crippen molar-refractivity contribution in [2.24, 2.45) is 0 Å². The van der Waals surface area contributed by atoms with Crippen LogP contribution in [-0.4, -0.2) is 60.4 Å². The van der Waals surface area contributed by atoms with Gasteiger partial charge in [0, 0.05) is 20.2 Å². The molecule has 1 amide bonds. The highest BCUT2D eigenvalue weighted by molar-refractivity contribution is 8.00. The number of rotatable bonds is 7. The molecule has 1 aliphatic rings. The monoisotopic (exact) mass is 453 g/mol. The Morgan fingerprint density at radius 1 is 1.12 bits per heavy atom. The molecule has 2 heterocycles. The van der Waals surface area contributed by atoms with E-state index in [0.29, 0.717) is 49.0 Å². The molecule has 0 spiro atoms. The van der Waals surface area contributed by atoms with Crippen molar-refractivity contribution in [3.8, 4) is 0 Å². The molecule has 1 aromatic heterocycles. The summed E-state index contributed by atoms with van der Waals surface area (Å²) in [6.45, 7) is 4.46. The molecule has 168 valence electrons. The number of morpholine rings is 1. The quantitative estimate of drug-likeness (QED) is 0.404. The highest BCUT2D eigenvalue weighted by atomic mass is 32.2. The van der Waals surface area contributed by atoms with Crippen LogP contribution >= 0.6 is 11.8 Å². The lowest BCUT2D eigenvalue weighted by molar-refractivity contribution is -0.134. The molecule has 0 N–H and O–H groups in total. The van der Waals surface area contributed by atoms with Crippen molar-refractivity contribution in [3.05, 3.63) is 70.5 Å². The van der Waals surface area contributed by atoms with Crippen molar-refractivity contribution in [2.45, 2.75) is 23.4 Å². The Labute approximate surface area is 191 Å². The zero-order valence-corrected chi connectivity index (χ0v) is 19.1. The summed E-state index contributed by atoms with van der Waals surface area (Å²) >= 11 is 1.32. The molecular formula is C24H27N3O4S. The number of carbonyl (C=O) groups excluding carboxylic acids is 1. The number of fused-ring (bicyclic) bond motifs is 1. The number of benzene rings is 2. The van der Waals surface area contributed by atoms with Gasteiger partial charge in [0.05, 0.1) is 36.8 Å². The average molecular weight is 454 g/mol. The molecule has 2 aromatic carbocycles. The minimum atomic E-state index is -0.525. The highest BCUT2D eigenvalue weighted by Gasteiger charge is 2.30. The molecule has 4 rings (SSSR count).